The van der Waals surface area contributed by atoms with Crippen molar-refractivity contribution < 1.29 is 4.74 Å². The second-order valence-corrected chi connectivity index (χ2v) is 5.68. The van der Waals surface area contributed by atoms with Crippen LogP contribution < -0.4 is 15.6 Å². The molecular formula is C19H20N2O2. The predicted molar refractivity (Wildman–Crippen MR) is 94.4 cm³/mol. The minimum atomic E-state index is -0.0800. The predicted octanol–water partition coefficient (Wildman–Crippen LogP) is 3.77. The smallest absolute Gasteiger partial charge is 0.253 e. The molecule has 0 fully saturated rings. The number of aromatic nitrogens is 1. The topological polar surface area (TPSA) is 54.1 Å². The zero-order chi connectivity index (χ0) is 16.4. The summed E-state index contributed by atoms with van der Waals surface area (Å²) in [6.07, 6.45) is 0. The van der Waals surface area contributed by atoms with Gasteiger partial charge in [0, 0.05) is 23.9 Å². The van der Waals surface area contributed by atoms with Crippen LogP contribution in [0.2, 0.25) is 0 Å². The number of rotatable bonds is 4. The molecule has 0 saturated carbocycles. The van der Waals surface area contributed by atoms with E-state index < -0.39 is 0 Å². The number of aromatic amines is 1. The summed E-state index contributed by atoms with van der Waals surface area (Å²) in [5, 5.41) is 4.34. The molecule has 3 rings (SSSR count). The molecule has 0 radical (unpaired) electrons. The maximum Gasteiger partial charge on any atom is 0.253 e. The van der Waals surface area contributed by atoms with E-state index in [2.05, 4.69) is 30.2 Å². The quantitative estimate of drug-likeness (QED) is 0.771. The summed E-state index contributed by atoms with van der Waals surface area (Å²) in [6, 6.07) is 13.7. The SMILES string of the molecule is COc1ccc2cc(CNc3cccc(C)c3C)c(=O)[nH]c2c1. The van der Waals surface area contributed by atoms with Crippen molar-refractivity contribution in [3.8, 4) is 5.75 Å². The van der Waals surface area contributed by atoms with Crippen LogP contribution in [-0.2, 0) is 6.54 Å². The van der Waals surface area contributed by atoms with Crippen molar-refractivity contribution in [3.63, 3.8) is 0 Å². The maximum absolute atomic E-state index is 12.3. The Bertz CT molecular complexity index is 913. The summed E-state index contributed by atoms with van der Waals surface area (Å²) in [5.74, 6) is 0.731. The number of hydrogen-bond acceptors (Lipinski definition) is 3. The number of aryl methyl sites for hydroxylation is 1. The largest absolute Gasteiger partial charge is 0.497 e. The molecule has 2 N–H and O–H groups in total. The second kappa shape index (κ2) is 6.16. The first-order valence-corrected chi connectivity index (χ1v) is 7.58. The van der Waals surface area contributed by atoms with E-state index in [0.29, 0.717) is 12.1 Å². The molecule has 0 bridgehead atoms. The van der Waals surface area contributed by atoms with E-state index in [0.717, 1.165) is 22.3 Å². The van der Waals surface area contributed by atoms with Gasteiger partial charge >= 0.3 is 0 Å². The standard InChI is InChI=1S/C19H20N2O2/c1-12-5-4-6-17(13(12)2)20-11-15-9-14-7-8-16(23-3)10-18(14)21-19(15)22/h4-10,20H,11H2,1-3H3,(H,21,22). The third kappa shape index (κ3) is 3.06. The number of anilines is 1. The molecule has 0 amide bonds. The average Bonchev–Trinajstić information content (AvgIpc) is 2.55. The molecule has 4 heteroatoms. The fourth-order valence-corrected chi connectivity index (χ4v) is 2.62. The molecule has 3 aromatic rings. The minimum absolute atomic E-state index is 0.0800. The Balaban J connectivity index is 1.90. The Hall–Kier alpha value is -2.75. The van der Waals surface area contributed by atoms with Gasteiger partial charge in [0.05, 0.1) is 12.6 Å². The van der Waals surface area contributed by atoms with Gasteiger partial charge in [-0.2, -0.15) is 0 Å². The molecule has 23 heavy (non-hydrogen) atoms. The van der Waals surface area contributed by atoms with Gasteiger partial charge < -0.3 is 15.0 Å². The van der Waals surface area contributed by atoms with E-state index >= 15 is 0 Å². The molecule has 0 saturated heterocycles. The van der Waals surface area contributed by atoms with Crippen molar-refractivity contribution in [2.75, 3.05) is 12.4 Å². The summed E-state index contributed by atoms with van der Waals surface area (Å²) in [7, 11) is 1.61. The highest BCUT2D eigenvalue weighted by Crippen LogP contribution is 2.20. The number of methoxy groups -OCH3 is 1. The maximum atomic E-state index is 12.3. The Labute approximate surface area is 135 Å². The van der Waals surface area contributed by atoms with Crippen molar-refractivity contribution in [3.05, 3.63) is 69.5 Å². The number of pyridine rings is 1. The third-order valence-electron chi connectivity index (χ3n) is 4.20. The van der Waals surface area contributed by atoms with E-state index in [-0.39, 0.29) is 5.56 Å². The van der Waals surface area contributed by atoms with Gasteiger partial charge in [0.1, 0.15) is 5.75 Å². The molecule has 1 heterocycles. The summed E-state index contributed by atoms with van der Waals surface area (Å²) in [4.78, 5) is 15.2. The molecule has 118 valence electrons. The van der Waals surface area contributed by atoms with Crippen LogP contribution in [0.15, 0.2) is 47.3 Å². The molecule has 0 aliphatic heterocycles. The van der Waals surface area contributed by atoms with Crippen molar-refractivity contribution in [2.24, 2.45) is 0 Å². The zero-order valence-corrected chi connectivity index (χ0v) is 13.6. The monoisotopic (exact) mass is 308 g/mol. The first-order chi connectivity index (χ1) is 11.1. The lowest BCUT2D eigenvalue weighted by Crippen LogP contribution is -2.16. The van der Waals surface area contributed by atoms with E-state index in [4.69, 9.17) is 4.74 Å². The summed E-state index contributed by atoms with van der Waals surface area (Å²) in [5.41, 5.74) is 4.90. The van der Waals surface area contributed by atoms with Crippen LogP contribution in [0.4, 0.5) is 5.69 Å². The molecular weight excluding hydrogens is 288 g/mol. The van der Waals surface area contributed by atoms with Crippen LogP contribution in [0.5, 0.6) is 5.75 Å². The summed E-state index contributed by atoms with van der Waals surface area (Å²) in [6.45, 7) is 4.65. The first kappa shape index (κ1) is 15.2. The fourth-order valence-electron chi connectivity index (χ4n) is 2.62. The lowest BCUT2D eigenvalue weighted by Gasteiger charge is -2.11. The van der Waals surface area contributed by atoms with Crippen molar-refractivity contribution >= 4 is 16.6 Å². The molecule has 1 aromatic heterocycles. The first-order valence-electron chi connectivity index (χ1n) is 7.58. The number of benzene rings is 2. The number of hydrogen-bond donors (Lipinski definition) is 2. The van der Waals surface area contributed by atoms with E-state index in [1.165, 1.54) is 11.1 Å². The van der Waals surface area contributed by atoms with Crippen LogP contribution in [0.25, 0.3) is 10.9 Å². The highest BCUT2D eigenvalue weighted by atomic mass is 16.5. The second-order valence-electron chi connectivity index (χ2n) is 5.68. The third-order valence-corrected chi connectivity index (χ3v) is 4.20. The fraction of sp³-hybridized carbons (Fsp3) is 0.211. The molecule has 0 aliphatic carbocycles. The van der Waals surface area contributed by atoms with E-state index in [1.807, 2.05) is 36.4 Å². The Morgan fingerprint density at radius 3 is 2.74 bits per heavy atom. The molecule has 0 spiro atoms. The van der Waals surface area contributed by atoms with Gasteiger partial charge in [-0.15, -0.1) is 0 Å². The molecule has 4 nitrogen and oxygen atoms in total. The van der Waals surface area contributed by atoms with Gasteiger partial charge in [-0.1, -0.05) is 12.1 Å². The van der Waals surface area contributed by atoms with Gasteiger partial charge in [0.15, 0.2) is 0 Å². The highest BCUT2D eigenvalue weighted by Gasteiger charge is 2.06. The summed E-state index contributed by atoms with van der Waals surface area (Å²) >= 11 is 0. The normalized spacial score (nSPS) is 10.7. The van der Waals surface area contributed by atoms with Crippen molar-refractivity contribution in [1.29, 1.82) is 0 Å². The van der Waals surface area contributed by atoms with Crippen LogP contribution in [0.3, 0.4) is 0 Å². The van der Waals surface area contributed by atoms with Crippen molar-refractivity contribution in [2.45, 2.75) is 20.4 Å². The molecule has 0 unspecified atom stereocenters. The number of nitrogens with one attached hydrogen (secondary N) is 2. The molecule has 0 aliphatic rings. The molecule has 2 aromatic carbocycles. The van der Waals surface area contributed by atoms with Gasteiger partial charge in [-0.25, -0.2) is 0 Å². The number of ether oxygens (including phenoxy) is 1. The van der Waals surface area contributed by atoms with Gasteiger partial charge in [-0.3, -0.25) is 4.79 Å². The average molecular weight is 308 g/mol. The minimum Gasteiger partial charge on any atom is -0.497 e. The zero-order valence-electron chi connectivity index (χ0n) is 13.6. The Morgan fingerprint density at radius 2 is 1.96 bits per heavy atom. The van der Waals surface area contributed by atoms with Gasteiger partial charge in [0.25, 0.3) is 5.56 Å². The van der Waals surface area contributed by atoms with Gasteiger partial charge in [0.2, 0.25) is 0 Å². The summed E-state index contributed by atoms with van der Waals surface area (Å²) < 4.78 is 5.19. The van der Waals surface area contributed by atoms with Crippen molar-refractivity contribution in [1.82, 2.24) is 4.98 Å². The van der Waals surface area contributed by atoms with E-state index in [1.54, 1.807) is 7.11 Å². The number of H-pyrrole nitrogens is 1. The lowest BCUT2D eigenvalue weighted by molar-refractivity contribution is 0.415. The van der Waals surface area contributed by atoms with Crippen LogP contribution in [0.1, 0.15) is 16.7 Å². The molecule has 0 atom stereocenters. The van der Waals surface area contributed by atoms with E-state index in [9.17, 15) is 4.79 Å². The van der Waals surface area contributed by atoms with Crippen LogP contribution in [-0.4, -0.2) is 12.1 Å². The number of fused-ring (bicyclic) bond motifs is 1. The lowest BCUT2D eigenvalue weighted by atomic mass is 10.1. The Morgan fingerprint density at radius 1 is 1.13 bits per heavy atom. The Kier molecular flexibility index (Phi) is 4.06. The van der Waals surface area contributed by atoms with Gasteiger partial charge in [-0.05, 0) is 54.6 Å². The van der Waals surface area contributed by atoms with Crippen LogP contribution >= 0.6 is 0 Å². The van der Waals surface area contributed by atoms with Crippen LogP contribution in [0, 0.1) is 13.8 Å². The highest BCUT2D eigenvalue weighted by molar-refractivity contribution is 5.80.